The Bertz CT molecular complexity index is 803. The van der Waals surface area contributed by atoms with Crippen molar-refractivity contribution in [1.29, 1.82) is 0 Å². The van der Waals surface area contributed by atoms with Crippen molar-refractivity contribution in [2.24, 2.45) is 0 Å². The first-order valence-electron chi connectivity index (χ1n) is 10.4. The largest absolute Gasteiger partial charge is 0.379 e. The van der Waals surface area contributed by atoms with Crippen LogP contribution in [0.5, 0.6) is 0 Å². The van der Waals surface area contributed by atoms with Crippen LogP contribution >= 0.6 is 11.8 Å². The van der Waals surface area contributed by atoms with E-state index in [0.717, 1.165) is 43.5 Å². The Kier molecular flexibility index (Phi) is 8.14. The average Bonchev–Trinajstić information content (AvgIpc) is 2.77. The minimum atomic E-state index is -3.49. The van der Waals surface area contributed by atoms with Crippen molar-refractivity contribution in [2.45, 2.75) is 47.6 Å². The van der Waals surface area contributed by atoms with Gasteiger partial charge in [-0.25, -0.2) is 17.7 Å². The van der Waals surface area contributed by atoms with E-state index in [2.05, 4.69) is 15.2 Å². The van der Waals surface area contributed by atoms with E-state index in [4.69, 9.17) is 4.74 Å². The van der Waals surface area contributed by atoms with Crippen molar-refractivity contribution in [3.8, 4) is 0 Å². The first-order valence-corrected chi connectivity index (χ1v) is 12.9. The molecule has 1 aliphatic heterocycles. The molecule has 0 aromatic carbocycles. The third-order valence-corrected chi connectivity index (χ3v) is 8.66. The van der Waals surface area contributed by atoms with E-state index in [1.54, 1.807) is 6.07 Å². The summed E-state index contributed by atoms with van der Waals surface area (Å²) in [5.74, 6) is 0.233. The topological polar surface area (TPSA) is 91.8 Å². The third-order valence-electron chi connectivity index (χ3n) is 5.92. The van der Waals surface area contributed by atoms with Crippen molar-refractivity contribution in [3.05, 3.63) is 18.3 Å². The summed E-state index contributed by atoms with van der Waals surface area (Å²) in [6.07, 6.45) is 7.24. The van der Waals surface area contributed by atoms with Gasteiger partial charge in [-0.05, 0) is 25.0 Å². The van der Waals surface area contributed by atoms with Crippen LogP contribution in [-0.4, -0.2) is 86.7 Å². The minimum absolute atomic E-state index is 0.0232. The highest BCUT2D eigenvalue weighted by molar-refractivity contribution is 7.99. The summed E-state index contributed by atoms with van der Waals surface area (Å²) >= 11 is 1.31. The fourth-order valence-electron chi connectivity index (χ4n) is 4.12. The van der Waals surface area contributed by atoms with E-state index in [9.17, 15) is 13.2 Å². The summed E-state index contributed by atoms with van der Waals surface area (Å²) < 4.78 is 30.9. The number of ether oxygens (including phenoxy) is 1. The number of hydrogen-bond acceptors (Lipinski definition) is 7. The van der Waals surface area contributed by atoms with E-state index in [1.165, 1.54) is 57.4 Å². The molecule has 168 valence electrons. The molecule has 2 heterocycles. The Hall–Kier alpha value is -1.20. The molecule has 1 saturated heterocycles. The van der Waals surface area contributed by atoms with Crippen LogP contribution in [0.1, 0.15) is 32.1 Å². The molecule has 0 bridgehead atoms. The molecule has 1 saturated carbocycles. The van der Waals surface area contributed by atoms with E-state index in [0.29, 0.717) is 11.6 Å². The number of carbonyl (C=O) groups is 1. The quantitative estimate of drug-likeness (QED) is 0.594. The molecule has 0 spiro atoms. The van der Waals surface area contributed by atoms with Crippen molar-refractivity contribution in [3.63, 3.8) is 0 Å². The summed E-state index contributed by atoms with van der Waals surface area (Å²) in [6, 6.07) is 3.17. The highest BCUT2D eigenvalue weighted by Crippen LogP contribution is 2.34. The maximum Gasteiger partial charge on any atom is 0.244 e. The van der Waals surface area contributed by atoms with Gasteiger partial charge in [0.25, 0.3) is 0 Å². The van der Waals surface area contributed by atoms with Crippen LogP contribution in [-0.2, 0) is 19.6 Å². The average molecular weight is 457 g/mol. The van der Waals surface area contributed by atoms with Crippen LogP contribution in [0.25, 0.3) is 0 Å². The first-order chi connectivity index (χ1) is 14.3. The monoisotopic (exact) mass is 456 g/mol. The van der Waals surface area contributed by atoms with Crippen LogP contribution in [0.3, 0.4) is 0 Å². The number of morpholine rings is 1. The summed E-state index contributed by atoms with van der Waals surface area (Å²) in [6.45, 7) is 4.04. The van der Waals surface area contributed by atoms with Crippen LogP contribution in [0.4, 0.5) is 0 Å². The molecule has 8 nitrogen and oxygen atoms in total. The number of carbonyl (C=O) groups excluding carboxylic acids is 1. The van der Waals surface area contributed by atoms with Gasteiger partial charge in [0.1, 0.15) is 4.90 Å². The summed E-state index contributed by atoms with van der Waals surface area (Å²) in [5.41, 5.74) is 0.0444. The lowest BCUT2D eigenvalue weighted by atomic mass is 9.79. The summed E-state index contributed by atoms with van der Waals surface area (Å²) in [7, 11) is -0.526. The van der Waals surface area contributed by atoms with Crippen LogP contribution in [0.15, 0.2) is 28.3 Å². The Morgan fingerprint density at radius 3 is 2.53 bits per heavy atom. The standard InChI is InChI=1S/C20H32N4O4S2/c1-23(2)30(26,27)17-6-7-19(21-14-17)29-15-18(25)22-16-20(8-4-3-5-9-20)24-10-12-28-13-11-24/h6-7,14H,3-5,8-13,15-16H2,1-2H3,(H,22,25). The molecule has 1 N–H and O–H groups in total. The highest BCUT2D eigenvalue weighted by atomic mass is 32.2. The van der Waals surface area contributed by atoms with Gasteiger partial charge in [-0.1, -0.05) is 31.0 Å². The summed E-state index contributed by atoms with van der Waals surface area (Å²) in [4.78, 5) is 19.3. The zero-order chi connectivity index (χ0) is 21.6. The maximum absolute atomic E-state index is 12.5. The van der Waals surface area contributed by atoms with Crippen molar-refractivity contribution >= 4 is 27.7 Å². The number of rotatable bonds is 8. The second-order valence-corrected chi connectivity index (χ2v) is 11.2. The van der Waals surface area contributed by atoms with Gasteiger partial charge in [-0.2, -0.15) is 0 Å². The van der Waals surface area contributed by atoms with E-state index >= 15 is 0 Å². The molecule has 0 unspecified atom stereocenters. The minimum Gasteiger partial charge on any atom is -0.379 e. The number of amides is 1. The summed E-state index contributed by atoms with van der Waals surface area (Å²) in [5, 5.41) is 3.77. The van der Waals surface area contributed by atoms with Gasteiger partial charge in [0, 0.05) is 45.5 Å². The van der Waals surface area contributed by atoms with Crippen LogP contribution < -0.4 is 5.32 Å². The van der Waals surface area contributed by atoms with Crippen molar-refractivity contribution in [2.75, 3.05) is 52.7 Å². The Morgan fingerprint density at radius 2 is 1.93 bits per heavy atom. The van der Waals surface area contributed by atoms with Gasteiger partial charge >= 0.3 is 0 Å². The molecule has 0 radical (unpaired) electrons. The maximum atomic E-state index is 12.5. The SMILES string of the molecule is CN(C)S(=O)(=O)c1ccc(SCC(=O)NCC2(N3CCOCC3)CCCCC2)nc1. The second-order valence-electron chi connectivity index (χ2n) is 8.07. The van der Waals surface area contributed by atoms with E-state index in [-0.39, 0.29) is 22.1 Å². The number of nitrogens with one attached hydrogen (secondary N) is 1. The van der Waals surface area contributed by atoms with Gasteiger partial charge in [0.2, 0.25) is 15.9 Å². The van der Waals surface area contributed by atoms with Gasteiger partial charge in [-0.3, -0.25) is 9.69 Å². The number of nitrogens with zero attached hydrogens (tertiary/aromatic N) is 3. The lowest BCUT2D eigenvalue weighted by Gasteiger charge is -2.48. The van der Waals surface area contributed by atoms with Crippen LogP contribution in [0, 0.1) is 0 Å². The number of sulfonamides is 1. The van der Waals surface area contributed by atoms with E-state index < -0.39 is 10.0 Å². The zero-order valence-corrected chi connectivity index (χ0v) is 19.4. The number of hydrogen-bond donors (Lipinski definition) is 1. The smallest absolute Gasteiger partial charge is 0.244 e. The molecule has 10 heteroatoms. The lowest BCUT2D eigenvalue weighted by molar-refractivity contribution is -0.119. The Balaban J connectivity index is 1.52. The normalized spacial score (nSPS) is 20.2. The van der Waals surface area contributed by atoms with Gasteiger partial charge in [0.15, 0.2) is 0 Å². The molecule has 1 aliphatic carbocycles. The first kappa shape index (κ1) is 23.5. The van der Waals surface area contributed by atoms with Crippen molar-refractivity contribution in [1.82, 2.24) is 19.5 Å². The molecule has 30 heavy (non-hydrogen) atoms. The molecule has 3 rings (SSSR count). The molecular weight excluding hydrogens is 424 g/mol. The fraction of sp³-hybridized carbons (Fsp3) is 0.700. The molecule has 2 fully saturated rings. The second kappa shape index (κ2) is 10.4. The predicted molar refractivity (Wildman–Crippen MR) is 117 cm³/mol. The molecule has 1 aromatic heterocycles. The lowest BCUT2D eigenvalue weighted by Crippen LogP contribution is -2.59. The van der Waals surface area contributed by atoms with Gasteiger partial charge in [0.05, 0.1) is 24.0 Å². The Morgan fingerprint density at radius 1 is 1.23 bits per heavy atom. The predicted octanol–water partition coefficient (Wildman–Crippen LogP) is 1.58. The molecule has 2 aliphatic rings. The van der Waals surface area contributed by atoms with Crippen LogP contribution in [0.2, 0.25) is 0 Å². The molecular formula is C20H32N4O4S2. The third kappa shape index (κ3) is 5.73. The van der Waals surface area contributed by atoms with Gasteiger partial charge in [-0.15, -0.1) is 0 Å². The molecule has 0 atom stereocenters. The number of thioether (sulfide) groups is 1. The fourth-order valence-corrected chi connectivity index (χ4v) is 5.64. The highest BCUT2D eigenvalue weighted by Gasteiger charge is 2.38. The molecule has 1 aromatic rings. The van der Waals surface area contributed by atoms with Crippen molar-refractivity contribution < 1.29 is 17.9 Å². The van der Waals surface area contributed by atoms with E-state index in [1.807, 2.05) is 0 Å². The molecule has 1 amide bonds. The Labute approximate surface area is 183 Å². The number of aromatic nitrogens is 1. The number of pyridine rings is 1. The zero-order valence-electron chi connectivity index (χ0n) is 17.8. The van der Waals surface area contributed by atoms with Gasteiger partial charge < -0.3 is 10.1 Å².